The zero-order valence-corrected chi connectivity index (χ0v) is 17.2. The van der Waals surface area contributed by atoms with E-state index in [1.54, 1.807) is 13.1 Å². The van der Waals surface area contributed by atoms with Crippen molar-refractivity contribution < 1.29 is 22.8 Å². The second kappa shape index (κ2) is 8.70. The largest absolute Gasteiger partial charge is 0.416 e. The summed E-state index contributed by atoms with van der Waals surface area (Å²) in [4.78, 5) is 24.5. The molecule has 2 amide bonds. The molecule has 0 saturated heterocycles. The third-order valence-corrected chi connectivity index (χ3v) is 4.62. The molecule has 0 aliphatic carbocycles. The van der Waals surface area contributed by atoms with Gasteiger partial charge >= 0.3 is 6.18 Å². The predicted molar refractivity (Wildman–Crippen MR) is 108 cm³/mol. The molecule has 6 nitrogen and oxygen atoms in total. The Morgan fingerprint density at radius 1 is 1.13 bits per heavy atom. The molecule has 0 atom stereocenters. The molecule has 1 heterocycles. The van der Waals surface area contributed by atoms with Gasteiger partial charge in [0.15, 0.2) is 0 Å². The molecule has 156 valence electrons. The first-order valence-corrected chi connectivity index (χ1v) is 9.50. The van der Waals surface area contributed by atoms with E-state index < -0.39 is 30.1 Å². The normalized spacial score (nSPS) is 11.2. The lowest BCUT2D eigenvalue weighted by Gasteiger charge is -2.12. The van der Waals surface area contributed by atoms with E-state index in [1.807, 2.05) is 24.3 Å². The molecule has 0 fully saturated rings. The predicted octanol–water partition coefficient (Wildman–Crippen LogP) is 4.33. The van der Waals surface area contributed by atoms with Gasteiger partial charge in [0, 0.05) is 15.6 Å². The second-order valence-corrected chi connectivity index (χ2v) is 7.29. The molecule has 0 spiro atoms. The first-order valence-electron chi connectivity index (χ1n) is 8.71. The van der Waals surface area contributed by atoms with Crippen molar-refractivity contribution >= 4 is 33.6 Å². The standard InChI is InChI=1S/C20H16BrF3N4O2/c1-12-10-26-28(16-7-3-6-15(21)9-16)18(12)27-17(29)11-25-19(30)13-4-2-5-14(8-13)20(22,23)24/h2-10H,11H2,1H3,(H,25,30)(H,27,29). The molecule has 3 rings (SSSR count). The van der Waals surface area contributed by atoms with Crippen molar-refractivity contribution in [1.82, 2.24) is 15.1 Å². The maximum absolute atomic E-state index is 12.8. The van der Waals surface area contributed by atoms with Crippen LogP contribution in [0, 0.1) is 6.92 Å². The number of nitrogens with zero attached hydrogens (tertiary/aromatic N) is 2. The van der Waals surface area contributed by atoms with Gasteiger partial charge in [-0.05, 0) is 43.3 Å². The van der Waals surface area contributed by atoms with Crippen LogP contribution in [0.15, 0.2) is 59.2 Å². The molecular weight excluding hydrogens is 465 g/mol. The molecule has 1 aromatic heterocycles. The van der Waals surface area contributed by atoms with Crippen LogP contribution in [0.25, 0.3) is 5.69 Å². The van der Waals surface area contributed by atoms with E-state index in [0.29, 0.717) is 17.1 Å². The summed E-state index contributed by atoms with van der Waals surface area (Å²) in [5.41, 5.74) is 0.287. The fraction of sp³-hybridized carbons (Fsp3) is 0.150. The van der Waals surface area contributed by atoms with Crippen molar-refractivity contribution in [2.75, 3.05) is 11.9 Å². The van der Waals surface area contributed by atoms with Gasteiger partial charge < -0.3 is 10.6 Å². The number of carbonyl (C=O) groups is 2. The van der Waals surface area contributed by atoms with Crippen molar-refractivity contribution in [3.63, 3.8) is 0 Å². The van der Waals surface area contributed by atoms with E-state index in [4.69, 9.17) is 0 Å². The summed E-state index contributed by atoms with van der Waals surface area (Å²) in [5, 5.41) is 9.24. The van der Waals surface area contributed by atoms with Gasteiger partial charge in [-0.15, -0.1) is 0 Å². The number of rotatable bonds is 5. The summed E-state index contributed by atoms with van der Waals surface area (Å²) < 4.78 is 40.7. The summed E-state index contributed by atoms with van der Waals surface area (Å²) in [6.07, 6.45) is -2.98. The third-order valence-electron chi connectivity index (χ3n) is 4.12. The number of hydrogen-bond acceptors (Lipinski definition) is 3. The number of anilines is 1. The van der Waals surface area contributed by atoms with Crippen molar-refractivity contribution in [2.24, 2.45) is 0 Å². The Bertz CT molecular complexity index is 1100. The summed E-state index contributed by atoms with van der Waals surface area (Å²) in [7, 11) is 0. The van der Waals surface area contributed by atoms with E-state index in [9.17, 15) is 22.8 Å². The maximum Gasteiger partial charge on any atom is 0.416 e. The van der Waals surface area contributed by atoms with Crippen LogP contribution in [0.4, 0.5) is 19.0 Å². The molecular formula is C20H16BrF3N4O2. The molecule has 0 unspecified atom stereocenters. The number of halogens is 4. The van der Waals surface area contributed by atoms with Crippen LogP contribution < -0.4 is 10.6 Å². The van der Waals surface area contributed by atoms with E-state index in [0.717, 1.165) is 22.7 Å². The van der Waals surface area contributed by atoms with Gasteiger partial charge in [-0.3, -0.25) is 9.59 Å². The number of aryl methyl sites for hydroxylation is 1. The Kier molecular flexibility index (Phi) is 6.25. The first kappa shape index (κ1) is 21.6. The van der Waals surface area contributed by atoms with E-state index in [-0.39, 0.29) is 5.56 Å². The monoisotopic (exact) mass is 480 g/mol. The molecule has 0 aliphatic heterocycles. The Labute approximate surface area is 178 Å². The van der Waals surface area contributed by atoms with Gasteiger partial charge in [0.05, 0.1) is 24.0 Å². The minimum absolute atomic E-state index is 0.187. The Hall–Kier alpha value is -3.14. The number of nitrogens with one attached hydrogen (secondary N) is 2. The highest BCUT2D eigenvalue weighted by Gasteiger charge is 2.30. The van der Waals surface area contributed by atoms with Crippen LogP contribution in [-0.4, -0.2) is 28.1 Å². The summed E-state index contributed by atoms with van der Waals surface area (Å²) in [6, 6.07) is 11.3. The highest BCUT2D eigenvalue weighted by Crippen LogP contribution is 2.29. The summed E-state index contributed by atoms with van der Waals surface area (Å²) in [5.74, 6) is -0.907. The Morgan fingerprint density at radius 3 is 2.57 bits per heavy atom. The Morgan fingerprint density at radius 2 is 1.87 bits per heavy atom. The zero-order valence-electron chi connectivity index (χ0n) is 15.6. The van der Waals surface area contributed by atoms with Crippen LogP contribution in [0.2, 0.25) is 0 Å². The minimum atomic E-state index is -4.56. The van der Waals surface area contributed by atoms with Crippen LogP contribution in [0.3, 0.4) is 0 Å². The van der Waals surface area contributed by atoms with Crippen molar-refractivity contribution in [2.45, 2.75) is 13.1 Å². The lowest BCUT2D eigenvalue weighted by atomic mass is 10.1. The molecule has 0 bridgehead atoms. The molecule has 0 aliphatic rings. The molecule has 3 aromatic rings. The lowest BCUT2D eigenvalue weighted by molar-refractivity contribution is -0.137. The first-order chi connectivity index (χ1) is 14.1. The smallest absolute Gasteiger partial charge is 0.343 e. The van der Waals surface area contributed by atoms with Gasteiger partial charge in [0.25, 0.3) is 5.91 Å². The van der Waals surface area contributed by atoms with E-state index in [1.165, 1.54) is 10.7 Å². The number of amides is 2. The molecule has 10 heteroatoms. The quantitative estimate of drug-likeness (QED) is 0.570. The van der Waals surface area contributed by atoms with Crippen molar-refractivity contribution in [1.29, 1.82) is 0 Å². The zero-order chi connectivity index (χ0) is 21.9. The highest BCUT2D eigenvalue weighted by molar-refractivity contribution is 9.10. The van der Waals surface area contributed by atoms with E-state index >= 15 is 0 Å². The van der Waals surface area contributed by atoms with E-state index in [2.05, 4.69) is 31.7 Å². The maximum atomic E-state index is 12.8. The average Bonchev–Trinajstić information content (AvgIpc) is 3.06. The van der Waals surface area contributed by atoms with Crippen molar-refractivity contribution in [3.05, 3.63) is 75.9 Å². The SMILES string of the molecule is Cc1cnn(-c2cccc(Br)c2)c1NC(=O)CNC(=O)c1cccc(C(F)(F)F)c1. The highest BCUT2D eigenvalue weighted by atomic mass is 79.9. The number of alkyl halides is 3. The van der Waals surface area contributed by atoms with Crippen LogP contribution in [0.5, 0.6) is 0 Å². The Balaban J connectivity index is 1.67. The topological polar surface area (TPSA) is 76.0 Å². The minimum Gasteiger partial charge on any atom is -0.343 e. The molecule has 30 heavy (non-hydrogen) atoms. The molecule has 2 N–H and O–H groups in total. The third kappa shape index (κ3) is 5.07. The van der Waals surface area contributed by atoms with Crippen LogP contribution in [-0.2, 0) is 11.0 Å². The second-order valence-electron chi connectivity index (χ2n) is 6.38. The van der Waals surface area contributed by atoms with Crippen LogP contribution in [0.1, 0.15) is 21.5 Å². The molecule has 0 radical (unpaired) electrons. The van der Waals surface area contributed by atoms with Crippen LogP contribution >= 0.6 is 15.9 Å². The number of aromatic nitrogens is 2. The lowest BCUT2D eigenvalue weighted by Crippen LogP contribution is -2.33. The average molecular weight is 481 g/mol. The molecule has 2 aromatic carbocycles. The van der Waals surface area contributed by atoms with Gasteiger partial charge in [-0.25, -0.2) is 4.68 Å². The summed E-state index contributed by atoms with van der Waals surface area (Å²) in [6.45, 7) is 1.34. The molecule has 0 saturated carbocycles. The van der Waals surface area contributed by atoms with Gasteiger partial charge in [0.1, 0.15) is 5.82 Å². The number of benzene rings is 2. The fourth-order valence-corrected chi connectivity index (χ4v) is 3.05. The fourth-order valence-electron chi connectivity index (χ4n) is 2.66. The van der Waals surface area contributed by atoms with Crippen molar-refractivity contribution in [3.8, 4) is 5.69 Å². The summed E-state index contributed by atoms with van der Waals surface area (Å²) >= 11 is 3.38. The van der Waals surface area contributed by atoms with Gasteiger partial charge in [-0.2, -0.15) is 18.3 Å². The van der Waals surface area contributed by atoms with Gasteiger partial charge in [-0.1, -0.05) is 28.1 Å². The number of carbonyl (C=O) groups excluding carboxylic acids is 2. The van der Waals surface area contributed by atoms with Gasteiger partial charge in [0.2, 0.25) is 5.91 Å². The number of hydrogen-bond donors (Lipinski definition) is 2.